The summed E-state index contributed by atoms with van der Waals surface area (Å²) in [6.45, 7) is 5.53. The van der Waals surface area contributed by atoms with Gasteiger partial charge in [-0.1, -0.05) is 24.6 Å². The van der Waals surface area contributed by atoms with Crippen molar-refractivity contribution in [1.29, 1.82) is 0 Å². The number of carbonyl (C=O) groups is 1. The molecular weight excluding hydrogens is 378 g/mol. The van der Waals surface area contributed by atoms with Crippen molar-refractivity contribution in [3.63, 3.8) is 0 Å². The van der Waals surface area contributed by atoms with Gasteiger partial charge in [0.05, 0.1) is 6.61 Å². The summed E-state index contributed by atoms with van der Waals surface area (Å²) in [6.07, 6.45) is 2.85. The molecule has 1 aliphatic heterocycles. The lowest BCUT2D eigenvalue weighted by atomic mass is 9.85. The molecule has 2 rings (SSSR count). The van der Waals surface area contributed by atoms with Gasteiger partial charge in [-0.3, -0.25) is 4.79 Å². The summed E-state index contributed by atoms with van der Waals surface area (Å²) in [5.41, 5.74) is 0.750. The van der Waals surface area contributed by atoms with Crippen LogP contribution in [-0.2, 0) is 16.1 Å². The van der Waals surface area contributed by atoms with Crippen LogP contribution in [-0.4, -0.2) is 44.2 Å². The molecule has 1 aromatic carbocycles. The summed E-state index contributed by atoms with van der Waals surface area (Å²) in [5, 5.41) is 3.75. The van der Waals surface area contributed by atoms with E-state index in [2.05, 4.69) is 12.2 Å². The van der Waals surface area contributed by atoms with Crippen LogP contribution in [0.2, 0.25) is 5.02 Å². The second-order valence-corrected chi connectivity index (χ2v) is 7.24. The van der Waals surface area contributed by atoms with Gasteiger partial charge >= 0.3 is 0 Å². The first kappa shape index (κ1) is 23.2. The third-order valence-electron chi connectivity index (χ3n) is 4.93. The van der Waals surface area contributed by atoms with Crippen LogP contribution in [0.1, 0.15) is 31.7 Å². The van der Waals surface area contributed by atoms with Crippen molar-refractivity contribution in [3.05, 3.63) is 34.6 Å². The maximum Gasteiger partial charge on any atom is 0.223 e. The fraction of sp³-hybridized carbons (Fsp3) is 0.632. The number of hydrogen-bond donors (Lipinski definition) is 1. The molecule has 2 unspecified atom stereocenters. The SMILES string of the molecule is COCCN(Cc1ccc(F)cc1Cl)C(=O)CC(C)C1CCCNC1.Cl. The monoisotopic (exact) mass is 406 g/mol. The zero-order valence-electron chi connectivity index (χ0n) is 15.5. The average Bonchev–Trinajstić information content (AvgIpc) is 2.61. The Morgan fingerprint density at radius 3 is 2.88 bits per heavy atom. The third kappa shape index (κ3) is 7.03. The molecule has 0 aliphatic carbocycles. The summed E-state index contributed by atoms with van der Waals surface area (Å²) in [6, 6.07) is 4.29. The molecule has 1 saturated heterocycles. The highest BCUT2D eigenvalue weighted by Gasteiger charge is 2.24. The molecule has 148 valence electrons. The summed E-state index contributed by atoms with van der Waals surface area (Å²) in [5.74, 6) is 0.586. The number of methoxy groups -OCH3 is 1. The van der Waals surface area contributed by atoms with Crippen LogP contribution in [0.3, 0.4) is 0 Å². The Morgan fingerprint density at radius 1 is 1.50 bits per heavy atom. The maximum absolute atomic E-state index is 13.2. The van der Waals surface area contributed by atoms with Crippen LogP contribution >= 0.6 is 24.0 Å². The Labute approximate surface area is 166 Å². The number of hydrogen-bond acceptors (Lipinski definition) is 3. The third-order valence-corrected chi connectivity index (χ3v) is 5.28. The molecule has 0 radical (unpaired) electrons. The van der Waals surface area contributed by atoms with Crippen LogP contribution in [0, 0.1) is 17.7 Å². The summed E-state index contributed by atoms with van der Waals surface area (Å²) in [7, 11) is 1.61. The minimum Gasteiger partial charge on any atom is -0.383 e. The van der Waals surface area contributed by atoms with E-state index in [-0.39, 0.29) is 24.1 Å². The van der Waals surface area contributed by atoms with Gasteiger partial charge in [-0.2, -0.15) is 0 Å². The highest BCUT2D eigenvalue weighted by molar-refractivity contribution is 6.31. The Balaban J connectivity index is 0.00000338. The predicted octanol–water partition coefficient (Wildman–Crippen LogP) is 3.90. The lowest BCUT2D eigenvalue weighted by Crippen LogP contribution is -2.38. The van der Waals surface area contributed by atoms with Crippen molar-refractivity contribution in [1.82, 2.24) is 10.2 Å². The van der Waals surface area contributed by atoms with Crippen molar-refractivity contribution in [2.75, 3.05) is 33.4 Å². The van der Waals surface area contributed by atoms with Crippen molar-refractivity contribution >= 4 is 29.9 Å². The van der Waals surface area contributed by atoms with E-state index in [4.69, 9.17) is 16.3 Å². The van der Waals surface area contributed by atoms with Crippen LogP contribution < -0.4 is 5.32 Å². The minimum absolute atomic E-state index is 0. The molecule has 7 heteroatoms. The van der Waals surface area contributed by atoms with E-state index >= 15 is 0 Å². The lowest BCUT2D eigenvalue weighted by molar-refractivity contribution is -0.133. The van der Waals surface area contributed by atoms with E-state index in [1.165, 1.54) is 25.0 Å². The fourth-order valence-corrected chi connectivity index (χ4v) is 3.51. The zero-order chi connectivity index (χ0) is 18.2. The van der Waals surface area contributed by atoms with Gasteiger partial charge in [-0.05, 0) is 55.5 Å². The summed E-state index contributed by atoms with van der Waals surface area (Å²) >= 11 is 6.12. The van der Waals surface area contributed by atoms with Crippen molar-refractivity contribution < 1.29 is 13.9 Å². The first-order valence-corrected chi connectivity index (χ1v) is 9.30. The van der Waals surface area contributed by atoms with Gasteiger partial charge in [0, 0.05) is 31.6 Å². The quantitative estimate of drug-likeness (QED) is 0.711. The number of carbonyl (C=O) groups excluding carboxylic acids is 1. The van der Waals surface area contributed by atoms with Gasteiger partial charge in [0.1, 0.15) is 5.82 Å². The fourth-order valence-electron chi connectivity index (χ4n) is 3.28. The molecule has 2 atom stereocenters. The molecule has 1 fully saturated rings. The van der Waals surface area contributed by atoms with E-state index in [1.807, 2.05) is 0 Å². The Bertz CT molecular complexity index is 568. The summed E-state index contributed by atoms with van der Waals surface area (Å²) < 4.78 is 18.4. The summed E-state index contributed by atoms with van der Waals surface area (Å²) in [4.78, 5) is 14.6. The van der Waals surface area contributed by atoms with Crippen molar-refractivity contribution in [2.45, 2.75) is 32.7 Å². The molecule has 1 amide bonds. The Morgan fingerprint density at radius 2 is 2.27 bits per heavy atom. The van der Waals surface area contributed by atoms with Crippen LogP contribution in [0.15, 0.2) is 18.2 Å². The van der Waals surface area contributed by atoms with E-state index in [0.29, 0.717) is 43.0 Å². The molecule has 0 bridgehead atoms. The lowest BCUT2D eigenvalue weighted by Gasteiger charge is -2.30. The Hall–Kier alpha value is -0.880. The van der Waals surface area contributed by atoms with Crippen LogP contribution in [0.5, 0.6) is 0 Å². The standard InChI is InChI=1S/C19H28ClFN2O2.ClH/c1-14(15-4-3-7-22-12-15)10-19(24)23(8-9-25-2)13-16-5-6-17(21)11-18(16)20;/h5-6,11,14-15,22H,3-4,7-10,12-13H2,1-2H3;1H. The second-order valence-electron chi connectivity index (χ2n) is 6.83. The number of ether oxygens (including phenoxy) is 1. The van der Waals surface area contributed by atoms with Gasteiger partial charge in [0.15, 0.2) is 0 Å². The zero-order valence-corrected chi connectivity index (χ0v) is 17.0. The predicted molar refractivity (Wildman–Crippen MR) is 105 cm³/mol. The molecule has 0 aromatic heterocycles. The van der Waals surface area contributed by atoms with Crippen LogP contribution in [0.4, 0.5) is 4.39 Å². The topological polar surface area (TPSA) is 41.6 Å². The number of amides is 1. The number of piperidine rings is 1. The van der Waals surface area contributed by atoms with E-state index < -0.39 is 0 Å². The number of nitrogens with one attached hydrogen (secondary N) is 1. The van der Waals surface area contributed by atoms with E-state index in [1.54, 1.807) is 18.1 Å². The molecule has 0 saturated carbocycles. The number of halogens is 3. The van der Waals surface area contributed by atoms with Gasteiger partial charge < -0.3 is 15.0 Å². The molecule has 26 heavy (non-hydrogen) atoms. The van der Waals surface area contributed by atoms with Gasteiger partial charge in [0.25, 0.3) is 0 Å². The van der Waals surface area contributed by atoms with Crippen LogP contribution in [0.25, 0.3) is 0 Å². The normalized spacial score (nSPS) is 18.1. The number of nitrogens with zero attached hydrogens (tertiary/aromatic N) is 1. The smallest absolute Gasteiger partial charge is 0.223 e. The number of benzene rings is 1. The highest BCUT2D eigenvalue weighted by atomic mass is 35.5. The van der Waals surface area contributed by atoms with Gasteiger partial charge in [0.2, 0.25) is 5.91 Å². The van der Waals surface area contributed by atoms with Crippen molar-refractivity contribution in [2.24, 2.45) is 11.8 Å². The molecule has 1 N–H and O–H groups in total. The molecule has 1 aliphatic rings. The highest BCUT2D eigenvalue weighted by Crippen LogP contribution is 2.24. The van der Waals surface area contributed by atoms with E-state index in [0.717, 1.165) is 18.7 Å². The maximum atomic E-state index is 13.2. The van der Waals surface area contributed by atoms with E-state index in [9.17, 15) is 9.18 Å². The first-order chi connectivity index (χ1) is 12.0. The second kappa shape index (κ2) is 11.8. The first-order valence-electron chi connectivity index (χ1n) is 8.92. The number of rotatable bonds is 8. The molecule has 4 nitrogen and oxygen atoms in total. The molecule has 1 aromatic rings. The molecular formula is C19H29Cl2FN2O2. The largest absolute Gasteiger partial charge is 0.383 e. The van der Waals surface area contributed by atoms with Gasteiger partial charge in [-0.25, -0.2) is 4.39 Å². The Kier molecular flexibility index (Phi) is 10.5. The molecule has 0 spiro atoms. The van der Waals surface area contributed by atoms with Crippen molar-refractivity contribution in [3.8, 4) is 0 Å². The average molecular weight is 407 g/mol. The molecule has 1 heterocycles. The van der Waals surface area contributed by atoms with Gasteiger partial charge in [-0.15, -0.1) is 12.4 Å². The minimum atomic E-state index is -0.373.